The fourth-order valence-corrected chi connectivity index (χ4v) is 9.22. The van der Waals surface area contributed by atoms with Crippen molar-refractivity contribution in [3.63, 3.8) is 0 Å². The third-order valence-electron chi connectivity index (χ3n) is 10.1. The highest BCUT2D eigenvalue weighted by atomic mass is 31.2. The lowest BCUT2D eigenvalue weighted by Gasteiger charge is -2.57. The first-order valence-corrected chi connectivity index (χ1v) is 25.3. The molecule has 12 heteroatoms. The minimum atomic E-state index is -4.16. The summed E-state index contributed by atoms with van der Waals surface area (Å²) >= 11 is 0. The molecular weight excluding hydrogens is 761 g/mol. The summed E-state index contributed by atoms with van der Waals surface area (Å²) in [7, 11) is -5.54. The lowest BCUT2D eigenvalue weighted by molar-refractivity contribution is -0.389. The number of aromatic nitrogens is 1. The zero-order chi connectivity index (χ0) is 42.0. The van der Waals surface area contributed by atoms with Gasteiger partial charge in [0.05, 0.1) is 25.2 Å². The van der Waals surface area contributed by atoms with Crippen LogP contribution in [0.25, 0.3) is 28.1 Å². The average molecular weight is 822 g/mol. The Balaban J connectivity index is 1.55. The standard InChI is InChI=1S/C45H61FNO8PSi/c1-31(2)47-39-23-21-35(52-30-56(49,50)55-34-15-13-12-14-16-34)28-38(39)42(32-17-19-33(46)20-18-32)40(47)24-22-36-27-37(29-41(48)51-25-26-57(9,10)11)54-45(53-36,43(3,4)5)44(6,7)8/h12-24,28,31,36-37H,25-27,29-30H2,1-11H3,(H,49,50)/b24-22+/t36-,37-/m1/s1. The Labute approximate surface area is 339 Å². The van der Waals surface area contributed by atoms with E-state index < -0.39 is 50.8 Å². The van der Waals surface area contributed by atoms with Crippen molar-refractivity contribution in [3.8, 4) is 22.6 Å². The number of hydrogen-bond acceptors (Lipinski definition) is 7. The number of fused-ring (bicyclic) bond motifs is 1. The number of esters is 1. The minimum Gasteiger partial charge on any atom is -0.480 e. The molecule has 9 nitrogen and oxygen atoms in total. The first kappa shape index (κ1) is 44.4. The van der Waals surface area contributed by atoms with Crippen LogP contribution in [-0.2, 0) is 23.6 Å². The van der Waals surface area contributed by atoms with Gasteiger partial charge in [-0.3, -0.25) is 4.79 Å². The molecule has 1 aromatic heterocycles. The van der Waals surface area contributed by atoms with E-state index in [-0.39, 0.29) is 30.0 Å². The van der Waals surface area contributed by atoms with E-state index in [4.69, 9.17) is 23.5 Å². The van der Waals surface area contributed by atoms with Crippen molar-refractivity contribution in [3.05, 3.63) is 90.4 Å². The van der Waals surface area contributed by atoms with Crippen molar-refractivity contribution in [1.29, 1.82) is 0 Å². The molecule has 0 bridgehead atoms. The molecule has 1 saturated heterocycles. The van der Waals surface area contributed by atoms with E-state index in [1.54, 1.807) is 48.5 Å². The Morgan fingerprint density at radius 1 is 0.982 bits per heavy atom. The van der Waals surface area contributed by atoms with E-state index in [0.717, 1.165) is 33.8 Å². The minimum absolute atomic E-state index is 0.00238. The van der Waals surface area contributed by atoms with Crippen molar-refractivity contribution in [2.75, 3.05) is 13.0 Å². The van der Waals surface area contributed by atoms with Crippen LogP contribution in [0.4, 0.5) is 4.39 Å². The first-order valence-electron chi connectivity index (χ1n) is 19.8. The Morgan fingerprint density at radius 3 is 2.23 bits per heavy atom. The lowest BCUT2D eigenvalue weighted by atomic mass is 9.69. The number of halogens is 1. The van der Waals surface area contributed by atoms with Crippen LogP contribution in [-0.4, -0.2) is 54.5 Å². The van der Waals surface area contributed by atoms with Crippen LogP contribution in [0.3, 0.4) is 0 Å². The molecule has 1 aliphatic rings. The number of benzene rings is 3. The lowest BCUT2D eigenvalue weighted by Crippen LogP contribution is -2.63. The number of ether oxygens (including phenoxy) is 4. The molecule has 5 rings (SSSR count). The van der Waals surface area contributed by atoms with Gasteiger partial charge >= 0.3 is 13.6 Å². The van der Waals surface area contributed by atoms with E-state index in [1.165, 1.54) is 12.1 Å². The Bertz CT molecular complexity index is 2060. The molecule has 0 spiro atoms. The third kappa shape index (κ3) is 10.9. The largest absolute Gasteiger partial charge is 0.480 e. The zero-order valence-electron chi connectivity index (χ0n) is 35.4. The Kier molecular flexibility index (Phi) is 13.4. The number of nitrogens with zero attached hydrogens (tertiary/aromatic N) is 1. The maximum atomic E-state index is 14.3. The van der Waals surface area contributed by atoms with Crippen molar-refractivity contribution >= 4 is 38.6 Å². The molecule has 1 N–H and O–H groups in total. The van der Waals surface area contributed by atoms with Gasteiger partial charge in [0, 0.05) is 53.5 Å². The number of carbonyl (C=O) groups excluding carboxylic acids is 1. The van der Waals surface area contributed by atoms with Gasteiger partial charge in [-0.05, 0) is 74.0 Å². The summed E-state index contributed by atoms with van der Waals surface area (Å²) in [6.45, 7) is 23.9. The van der Waals surface area contributed by atoms with Crippen LogP contribution in [0.5, 0.6) is 11.5 Å². The molecule has 3 atom stereocenters. The van der Waals surface area contributed by atoms with E-state index >= 15 is 0 Å². The molecule has 0 radical (unpaired) electrons. The molecule has 3 aromatic carbocycles. The summed E-state index contributed by atoms with van der Waals surface area (Å²) in [5.41, 5.74) is 2.44. The normalized spacial score (nSPS) is 18.8. The second-order valence-electron chi connectivity index (χ2n) is 18.6. The molecule has 0 saturated carbocycles. The smallest absolute Gasteiger partial charge is 0.413 e. The molecular formula is C45H61FNO8PSi. The number of hydrogen-bond donors (Lipinski definition) is 1. The van der Waals surface area contributed by atoms with Crippen LogP contribution in [0.15, 0.2) is 78.9 Å². The van der Waals surface area contributed by atoms with Crippen LogP contribution >= 0.6 is 7.60 Å². The second kappa shape index (κ2) is 17.2. The van der Waals surface area contributed by atoms with Gasteiger partial charge in [0.25, 0.3) is 0 Å². The van der Waals surface area contributed by atoms with Gasteiger partial charge in [-0.25, -0.2) is 8.96 Å². The maximum Gasteiger partial charge on any atom is 0.413 e. The number of para-hydroxylation sites is 1. The van der Waals surface area contributed by atoms with Gasteiger partial charge in [-0.1, -0.05) is 97.6 Å². The monoisotopic (exact) mass is 821 g/mol. The number of carbonyl (C=O) groups is 1. The highest BCUT2D eigenvalue weighted by molar-refractivity contribution is 7.53. The van der Waals surface area contributed by atoms with Crippen LogP contribution in [0.2, 0.25) is 25.7 Å². The summed E-state index contributed by atoms with van der Waals surface area (Å²) in [5, 5.41) is 0.815. The average Bonchev–Trinajstić information content (AvgIpc) is 3.42. The van der Waals surface area contributed by atoms with E-state index in [0.29, 0.717) is 18.8 Å². The predicted octanol–water partition coefficient (Wildman–Crippen LogP) is 11.9. The molecule has 1 aliphatic heterocycles. The van der Waals surface area contributed by atoms with Gasteiger partial charge in [0.15, 0.2) is 12.1 Å². The quantitative estimate of drug-likeness (QED) is 0.0761. The van der Waals surface area contributed by atoms with Crippen LogP contribution < -0.4 is 9.26 Å². The Morgan fingerprint density at radius 2 is 1.63 bits per heavy atom. The van der Waals surface area contributed by atoms with Gasteiger partial charge in [-0.2, -0.15) is 0 Å². The maximum absolute atomic E-state index is 14.3. The van der Waals surface area contributed by atoms with Crippen LogP contribution in [0.1, 0.15) is 80.0 Å². The summed E-state index contributed by atoms with van der Waals surface area (Å²) in [5.74, 6) is -1.04. The summed E-state index contributed by atoms with van der Waals surface area (Å²) < 4.78 is 60.4. The molecule has 0 amide bonds. The predicted molar refractivity (Wildman–Crippen MR) is 229 cm³/mol. The fraction of sp³-hybridized carbons (Fsp3) is 0.489. The molecule has 0 aliphatic carbocycles. The molecule has 57 heavy (non-hydrogen) atoms. The van der Waals surface area contributed by atoms with Gasteiger partial charge in [0.2, 0.25) is 0 Å². The van der Waals surface area contributed by atoms with E-state index in [1.807, 2.05) is 24.3 Å². The van der Waals surface area contributed by atoms with Gasteiger partial charge in [-0.15, -0.1) is 0 Å². The SMILES string of the molecule is CC(C)n1c(/C=C/[C@@H]2C[C@H](CC(=O)OCC[Si](C)(C)C)OC(C(C)(C)C)(C(C)(C)C)O2)c(-c2ccc(F)cc2)c2cc(OCP(=O)(O)Oc3ccccc3)ccc21. The van der Waals surface area contributed by atoms with Crippen molar-refractivity contribution < 1.29 is 42.1 Å². The molecule has 1 unspecified atom stereocenters. The molecule has 2 heterocycles. The highest BCUT2D eigenvalue weighted by Gasteiger charge is 2.57. The molecule has 1 fully saturated rings. The van der Waals surface area contributed by atoms with Gasteiger partial charge in [0.1, 0.15) is 17.3 Å². The zero-order valence-corrected chi connectivity index (χ0v) is 37.3. The second-order valence-corrected chi connectivity index (χ2v) is 25.9. The summed E-state index contributed by atoms with van der Waals surface area (Å²) in [6.07, 6.45) is 3.19. The van der Waals surface area contributed by atoms with Crippen LogP contribution in [0, 0.1) is 16.6 Å². The van der Waals surface area contributed by atoms with Gasteiger partial charge < -0.3 is 32.9 Å². The summed E-state index contributed by atoms with van der Waals surface area (Å²) in [4.78, 5) is 23.8. The third-order valence-corrected chi connectivity index (χ3v) is 12.8. The summed E-state index contributed by atoms with van der Waals surface area (Å²) in [6, 6.07) is 21.2. The van der Waals surface area contributed by atoms with Crippen molar-refractivity contribution in [1.82, 2.24) is 4.57 Å². The topological polar surface area (TPSA) is 105 Å². The fourth-order valence-electron chi connectivity index (χ4n) is 7.69. The number of rotatable bonds is 14. The highest BCUT2D eigenvalue weighted by Crippen LogP contribution is 2.52. The van der Waals surface area contributed by atoms with E-state index in [2.05, 4.69) is 79.6 Å². The van der Waals surface area contributed by atoms with E-state index in [9.17, 15) is 18.6 Å². The van der Waals surface area contributed by atoms with Crippen molar-refractivity contribution in [2.24, 2.45) is 10.8 Å². The van der Waals surface area contributed by atoms with Crippen molar-refractivity contribution in [2.45, 2.75) is 118 Å². The molecule has 310 valence electrons. The molecule has 4 aromatic rings. The Hall–Kier alpha value is -3.73. The first-order chi connectivity index (χ1) is 26.5.